The minimum atomic E-state index is -0.126. The summed E-state index contributed by atoms with van der Waals surface area (Å²) >= 11 is 0. The molecule has 2 bridgehead atoms. The predicted molar refractivity (Wildman–Crippen MR) is 75.5 cm³/mol. The largest absolute Gasteiger partial charge is 0.311 e. The summed E-state index contributed by atoms with van der Waals surface area (Å²) < 4.78 is 13.3. The second-order valence-electron chi connectivity index (χ2n) is 5.96. The van der Waals surface area contributed by atoms with Crippen LogP contribution in [0.2, 0.25) is 0 Å². The van der Waals surface area contributed by atoms with Crippen molar-refractivity contribution in [1.29, 1.82) is 0 Å². The Morgan fingerprint density at radius 2 is 2.00 bits per heavy atom. The minimum absolute atomic E-state index is 0.126. The second-order valence-corrected chi connectivity index (χ2v) is 5.96. The van der Waals surface area contributed by atoms with Crippen LogP contribution < -0.4 is 5.32 Å². The summed E-state index contributed by atoms with van der Waals surface area (Å²) in [5, 5.41) is 3.69. The molecule has 3 heteroatoms. The Balaban J connectivity index is 1.67. The van der Waals surface area contributed by atoms with Gasteiger partial charge in [-0.05, 0) is 49.9 Å². The first kappa shape index (κ1) is 13.1. The summed E-state index contributed by atoms with van der Waals surface area (Å²) in [5.74, 6) is -0.126. The molecule has 0 radical (unpaired) electrons. The highest BCUT2D eigenvalue weighted by molar-refractivity contribution is 5.16. The van der Waals surface area contributed by atoms with Crippen molar-refractivity contribution < 1.29 is 4.39 Å². The third kappa shape index (κ3) is 2.98. The van der Waals surface area contributed by atoms with Crippen LogP contribution in [0.15, 0.2) is 24.3 Å². The number of hydrogen-bond acceptors (Lipinski definition) is 2. The number of halogens is 1. The van der Waals surface area contributed by atoms with Crippen LogP contribution in [-0.4, -0.2) is 29.6 Å². The third-order valence-electron chi connectivity index (χ3n) is 4.65. The van der Waals surface area contributed by atoms with E-state index in [-0.39, 0.29) is 5.82 Å². The van der Waals surface area contributed by atoms with Crippen molar-refractivity contribution in [2.45, 2.75) is 57.3 Å². The Hall–Kier alpha value is -0.930. The zero-order valence-corrected chi connectivity index (χ0v) is 11.6. The molecule has 1 aromatic carbocycles. The van der Waals surface area contributed by atoms with Gasteiger partial charge in [-0.3, -0.25) is 4.90 Å². The van der Waals surface area contributed by atoms with Gasteiger partial charge in [-0.1, -0.05) is 19.1 Å². The molecule has 0 aromatic heterocycles. The van der Waals surface area contributed by atoms with Crippen molar-refractivity contribution in [3.8, 4) is 0 Å². The first-order valence-electron chi connectivity index (χ1n) is 7.49. The monoisotopic (exact) mass is 262 g/mol. The molecule has 2 atom stereocenters. The fourth-order valence-electron chi connectivity index (χ4n) is 3.69. The Bertz CT molecular complexity index is 423. The van der Waals surface area contributed by atoms with Crippen LogP contribution in [0.1, 0.15) is 38.2 Å². The molecule has 0 spiro atoms. The van der Waals surface area contributed by atoms with Crippen molar-refractivity contribution >= 4 is 0 Å². The van der Waals surface area contributed by atoms with E-state index in [1.165, 1.54) is 31.7 Å². The average Bonchev–Trinajstić information content (AvgIpc) is 2.75. The number of piperidine rings is 1. The number of nitrogens with one attached hydrogen (secondary N) is 1. The molecule has 0 saturated carbocycles. The maximum absolute atomic E-state index is 13.3. The van der Waals surface area contributed by atoms with Gasteiger partial charge in [-0.15, -0.1) is 0 Å². The molecule has 2 fully saturated rings. The molecule has 2 nitrogen and oxygen atoms in total. The predicted octanol–water partition coefficient (Wildman–Crippen LogP) is 2.93. The lowest BCUT2D eigenvalue weighted by atomic mass is 9.97. The van der Waals surface area contributed by atoms with Crippen LogP contribution in [0.25, 0.3) is 0 Å². The molecule has 3 rings (SSSR count). The van der Waals surface area contributed by atoms with Crippen LogP contribution in [0, 0.1) is 5.82 Å². The van der Waals surface area contributed by atoms with Crippen molar-refractivity contribution in [3.63, 3.8) is 0 Å². The van der Waals surface area contributed by atoms with Crippen LogP contribution in [-0.2, 0) is 6.54 Å². The Labute approximate surface area is 115 Å². The molecule has 2 unspecified atom stereocenters. The fourth-order valence-corrected chi connectivity index (χ4v) is 3.69. The summed E-state index contributed by atoms with van der Waals surface area (Å²) in [4.78, 5) is 2.51. The quantitative estimate of drug-likeness (QED) is 0.897. The van der Waals surface area contributed by atoms with Crippen LogP contribution in [0.4, 0.5) is 4.39 Å². The lowest BCUT2D eigenvalue weighted by Crippen LogP contribution is -2.47. The van der Waals surface area contributed by atoms with Gasteiger partial charge >= 0.3 is 0 Å². The molecule has 104 valence electrons. The van der Waals surface area contributed by atoms with Gasteiger partial charge in [-0.2, -0.15) is 0 Å². The van der Waals surface area contributed by atoms with E-state index in [1.54, 1.807) is 6.07 Å². The first-order chi connectivity index (χ1) is 9.24. The van der Waals surface area contributed by atoms with Gasteiger partial charge in [0.1, 0.15) is 5.82 Å². The number of fused-ring (bicyclic) bond motifs is 2. The van der Waals surface area contributed by atoms with E-state index in [4.69, 9.17) is 0 Å². The maximum atomic E-state index is 13.3. The maximum Gasteiger partial charge on any atom is 0.123 e. The molecule has 0 amide bonds. The summed E-state index contributed by atoms with van der Waals surface area (Å²) in [7, 11) is 0. The van der Waals surface area contributed by atoms with Gasteiger partial charge in [0.15, 0.2) is 0 Å². The highest BCUT2D eigenvalue weighted by Crippen LogP contribution is 2.30. The van der Waals surface area contributed by atoms with Crippen molar-refractivity contribution in [3.05, 3.63) is 35.6 Å². The first-order valence-corrected chi connectivity index (χ1v) is 7.49. The zero-order chi connectivity index (χ0) is 13.2. The summed E-state index contributed by atoms with van der Waals surface area (Å²) in [6.07, 6.45) is 5.16. The summed E-state index contributed by atoms with van der Waals surface area (Å²) in [5.41, 5.74) is 1.09. The van der Waals surface area contributed by atoms with E-state index < -0.39 is 0 Å². The molecule has 2 aliphatic rings. The van der Waals surface area contributed by atoms with Gasteiger partial charge in [0.25, 0.3) is 0 Å². The van der Waals surface area contributed by atoms with E-state index in [1.807, 2.05) is 12.1 Å². The summed E-state index contributed by atoms with van der Waals surface area (Å²) in [6.45, 7) is 4.13. The molecule has 1 aromatic rings. The highest BCUT2D eigenvalue weighted by atomic mass is 19.1. The average molecular weight is 262 g/mol. The topological polar surface area (TPSA) is 15.3 Å². The smallest absolute Gasteiger partial charge is 0.123 e. The minimum Gasteiger partial charge on any atom is -0.311 e. The van der Waals surface area contributed by atoms with E-state index in [9.17, 15) is 4.39 Å². The summed E-state index contributed by atoms with van der Waals surface area (Å²) in [6, 6.07) is 9.11. The zero-order valence-electron chi connectivity index (χ0n) is 11.6. The number of hydrogen-bond donors (Lipinski definition) is 1. The molecule has 2 saturated heterocycles. The van der Waals surface area contributed by atoms with E-state index in [2.05, 4.69) is 17.1 Å². The van der Waals surface area contributed by atoms with Gasteiger partial charge in [-0.25, -0.2) is 4.39 Å². The van der Waals surface area contributed by atoms with Gasteiger partial charge in [0, 0.05) is 24.7 Å². The second kappa shape index (κ2) is 5.59. The van der Waals surface area contributed by atoms with Crippen molar-refractivity contribution in [1.82, 2.24) is 10.2 Å². The fraction of sp³-hybridized carbons (Fsp3) is 0.625. The van der Waals surface area contributed by atoms with Gasteiger partial charge in [0.2, 0.25) is 0 Å². The third-order valence-corrected chi connectivity index (χ3v) is 4.65. The van der Waals surface area contributed by atoms with Crippen LogP contribution in [0.3, 0.4) is 0 Å². The number of nitrogens with zero attached hydrogens (tertiary/aromatic N) is 1. The Kier molecular flexibility index (Phi) is 3.85. The molecular weight excluding hydrogens is 239 g/mol. The molecule has 19 heavy (non-hydrogen) atoms. The lowest BCUT2D eigenvalue weighted by molar-refractivity contribution is 0.140. The van der Waals surface area contributed by atoms with Crippen LogP contribution in [0.5, 0.6) is 0 Å². The number of benzene rings is 1. The highest BCUT2D eigenvalue weighted by Gasteiger charge is 2.35. The van der Waals surface area contributed by atoms with Crippen molar-refractivity contribution in [2.75, 3.05) is 6.54 Å². The van der Waals surface area contributed by atoms with E-state index in [0.717, 1.165) is 18.7 Å². The standard InChI is InChI=1S/C16H23FN2/c1-2-19(11-12-4-3-5-13(17)8-12)16-9-14-6-7-15(10-16)18-14/h3-5,8,14-16,18H,2,6-7,9-11H2,1H3. The van der Waals surface area contributed by atoms with Crippen LogP contribution >= 0.6 is 0 Å². The lowest BCUT2D eigenvalue weighted by Gasteiger charge is -2.37. The molecule has 0 aliphatic carbocycles. The Morgan fingerprint density at radius 1 is 1.26 bits per heavy atom. The van der Waals surface area contributed by atoms with Gasteiger partial charge in [0.05, 0.1) is 0 Å². The normalized spacial score (nSPS) is 29.9. The van der Waals surface area contributed by atoms with E-state index >= 15 is 0 Å². The van der Waals surface area contributed by atoms with Crippen molar-refractivity contribution in [2.24, 2.45) is 0 Å². The molecule has 1 N–H and O–H groups in total. The van der Waals surface area contributed by atoms with E-state index in [0.29, 0.717) is 18.1 Å². The molecule has 2 aliphatic heterocycles. The SMILES string of the molecule is CCN(Cc1cccc(F)c1)C1CC2CCC(C1)N2. The number of rotatable bonds is 4. The Morgan fingerprint density at radius 3 is 2.63 bits per heavy atom. The van der Waals surface area contributed by atoms with Gasteiger partial charge < -0.3 is 5.32 Å². The molecular formula is C16H23FN2. The molecule has 2 heterocycles.